The highest BCUT2D eigenvalue weighted by Gasteiger charge is 2.17. The number of carbonyl (C=O) groups is 1. The largest absolute Gasteiger partial charge is 0.342 e. The second-order valence-electron chi connectivity index (χ2n) is 5.62. The van der Waals surface area contributed by atoms with Crippen molar-refractivity contribution in [3.05, 3.63) is 64.0 Å². The molecule has 0 saturated heterocycles. The number of fused-ring (bicyclic) bond motifs is 1. The van der Waals surface area contributed by atoms with Crippen molar-refractivity contribution in [1.82, 2.24) is 24.9 Å². The molecule has 6 nitrogen and oxygen atoms in total. The molecule has 0 aromatic carbocycles. The molecule has 0 aliphatic heterocycles. The molecule has 0 spiro atoms. The molecule has 4 aromatic heterocycles. The van der Waals surface area contributed by atoms with E-state index < -0.39 is 0 Å². The van der Waals surface area contributed by atoms with E-state index in [0.717, 1.165) is 14.9 Å². The van der Waals surface area contributed by atoms with Crippen molar-refractivity contribution in [2.75, 3.05) is 0 Å². The van der Waals surface area contributed by atoms with Gasteiger partial charge in [-0.3, -0.25) is 9.89 Å². The first-order chi connectivity index (χ1) is 12.1. The van der Waals surface area contributed by atoms with Crippen molar-refractivity contribution in [2.24, 2.45) is 0 Å². The van der Waals surface area contributed by atoms with Crippen LogP contribution in [0.3, 0.4) is 0 Å². The third-order valence-corrected chi connectivity index (χ3v) is 5.15. The number of nitrogens with zero attached hydrogens (tertiary/aromatic N) is 3. The quantitative estimate of drug-likeness (QED) is 0.527. The predicted molar refractivity (Wildman–Crippen MR) is 101 cm³/mol. The number of H-pyrrole nitrogens is 1. The summed E-state index contributed by atoms with van der Waals surface area (Å²) in [7, 11) is 0. The Labute approximate surface area is 156 Å². The summed E-state index contributed by atoms with van der Waals surface area (Å²) in [5.74, 6) is 1.12. The summed E-state index contributed by atoms with van der Waals surface area (Å²) in [6.07, 6.45) is 3.72. The molecule has 4 aromatic rings. The Balaban J connectivity index is 1.51. The number of nitrogens with one attached hydrogen (secondary N) is 2. The molecule has 2 N–H and O–H groups in total. The first kappa shape index (κ1) is 16.0. The lowest BCUT2D eigenvalue weighted by atomic mass is 10.2. The van der Waals surface area contributed by atoms with Crippen molar-refractivity contribution in [3.63, 3.8) is 0 Å². The molecule has 1 atom stereocenters. The Hall–Kier alpha value is -2.45. The topological polar surface area (TPSA) is 75.1 Å². The van der Waals surface area contributed by atoms with Crippen LogP contribution in [0.1, 0.15) is 29.1 Å². The maximum atomic E-state index is 12.5. The van der Waals surface area contributed by atoms with Crippen molar-refractivity contribution in [1.29, 1.82) is 0 Å². The summed E-state index contributed by atoms with van der Waals surface area (Å²) in [6, 6.07) is 9.40. The summed E-state index contributed by atoms with van der Waals surface area (Å²) in [4.78, 5) is 18.0. The first-order valence-corrected chi connectivity index (χ1v) is 9.32. The van der Waals surface area contributed by atoms with Gasteiger partial charge < -0.3 is 9.72 Å². The van der Waals surface area contributed by atoms with Crippen LogP contribution < -0.4 is 5.32 Å². The number of pyridine rings is 1. The molecule has 1 amide bonds. The Morgan fingerprint density at radius 1 is 1.36 bits per heavy atom. The van der Waals surface area contributed by atoms with Gasteiger partial charge >= 0.3 is 0 Å². The van der Waals surface area contributed by atoms with E-state index in [9.17, 15) is 4.79 Å². The van der Waals surface area contributed by atoms with Gasteiger partial charge in [0.25, 0.3) is 5.91 Å². The zero-order chi connectivity index (χ0) is 17.4. The van der Waals surface area contributed by atoms with Crippen LogP contribution in [-0.4, -0.2) is 25.5 Å². The van der Waals surface area contributed by atoms with Crippen molar-refractivity contribution in [3.8, 4) is 10.7 Å². The maximum Gasteiger partial charge on any atom is 0.253 e. The average Bonchev–Trinajstić information content (AvgIpc) is 3.33. The van der Waals surface area contributed by atoms with E-state index in [0.29, 0.717) is 17.2 Å². The van der Waals surface area contributed by atoms with Crippen LogP contribution in [0.15, 0.2) is 52.6 Å². The zero-order valence-corrected chi connectivity index (χ0v) is 15.6. The second kappa shape index (κ2) is 6.45. The lowest BCUT2D eigenvalue weighted by Crippen LogP contribution is -2.27. The van der Waals surface area contributed by atoms with Gasteiger partial charge in [-0.1, -0.05) is 6.07 Å². The fraction of sp³-hybridized carbons (Fsp3) is 0.118. The Kier molecular flexibility index (Phi) is 4.14. The zero-order valence-electron chi connectivity index (χ0n) is 13.2. The fourth-order valence-corrected chi connectivity index (χ4v) is 3.55. The number of carbonyl (C=O) groups excluding carboxylic acids is 1. The molecule has 0 aliphatic carbocycles. The SMILES string of the molecule is CC(NC(=O)c1cc2ccc(Br)cn2c1)c1nc(-c2cccs2)n[nH]1. The molecule has 0 bridgehead atoms. The molecular weight excluding hydrogens is 402 g/mol. The van der Waals surface area contributed by atoms with Crippen molar-refractivity contribution >= 4 is 38.7 Å². The van der Waals surface area contributed by atoms with E-state index in [2.05, 4.69) is 36.4 Å². The molecule has 4 heterocycles. The molecule has 8 heteroatoms. The number of thiophene rings is 1. The van der Waals surface area contributed by atoms with Gasteiger partial charge in [-0.2, -0.15) is 5.10 Å². The highest BCUT2D eigenvalue weighted by Crippen LogP contribution is 2.22. The number of halogens is 1. The lowest BCUT2D eigenvalue weighted by molar-refractivity contribution is 0.0938. The van der Waals surface area contributed by atoms with Gasteiger partial charge in [-0.15, -0.1) is 11.3 Å². The van der Waals surface area contributed by atoms with Gasteiger partial charge in [-0.05, 0) is 52.5 Å². The van der Waals surface area contributed by atoms with E-state index in [-0.39, 0.29) is 11.9 Å². The van der Waals surface area contributed by atoms with Crippen LogP contribution in [0, 0.1) is 0 Å². The Bertz CT molecular complexity index is 1040. The standard InChI is InChI=1S/C17H14BrN5OS/c1-10(15-20-16(22-21-15)14-3-2-6-25-14)19-17(24)11-7-13-5-4-12(18)9-23(13)8-11/h2-10H,1H3,(H,19,24)(H,20,21,22). The number of hydrogen-bond donors (Lipinski definition) is 2. The van der Waals surface area contributed by atoms with Crippen LogP contribution >= 0.6 is 27.3 Å². The predicted octanol–water partition coefficient (Wildman–Crippen LogP) is 4.04. The Morgan fingerprint density at radius 3 is 3.04 bits per heavy atom. The van der Waals surface area contributed by atoms with Gasteiger partial charge in [0.15, 0.2) is 5.82 Å². The number of aromatic amines is 1. The molecule has 126 valence electrons. The number of aromatic nitrogens is 4. The first-order valence-electron chi connectivity index (χ1n) is 7.64. The minimum absolute atomic E-state index is 0.151. The molecule has 0 saturated carbocycles. The summed E-state index contributed by atoms with van der Waals surface area (Å²) < 4.78 is 2.87. The molecule has 1 unspecified atom stereocenters. The van der Waals surface area contributed by atoms with E-state index in [1.807, 2.05) is 53.2 Å². The second-order valence-corrected chi connectivity index (χ2v) is 7.49. The molecule has 0 aliphatic rings. The number of hydrogen-bond acceptors (Lipinski definition) is 4. The summed E-state index contributed by atoms with van der Waals surface area (Å²) >= 11 is 5.00. The summed E-state index contributed by atoms with van der Waals surface area (Å²) in [6.45, 7) is 1.88. The van der Waals surface area contributed by atoms with Crippen LogP contribution in [0.5, 0.6) is 0 Å². The maximum absolute atomic E-state index is 12.5. The molecule has 0 radical (unpaired) electrons. The molecular formula is C17H14BrN5OS. The van der Waals surface area contributed by atoms with Crippen LogP contribution in [0.4, 0.5) is 0 Å². The third kappa shape index (κ3) is 3.22. The summed E-state index contributed by atoms with van der Waals surface area (Å²) in [5.41, 5.74) is 1.56. The van der Waals surface area contributed by atoms with Crippen LogP contribution in [-0.2, 0) is 0 Å². The van der Waals surface area contributed by atoms with Gasteiger partial charge in [0.1, 0.15) is 5.82 Å². The third-order valence-electron chi connectivity index (χ3n) is 3.82. The summed E-state index contributed by atoms with van der Waals surface area (Å²) in [5, 5.41) is 12.1. The van der Waals surface area contributed by atoms with Gasteiger partial charge in [0.2, 0.25) is 0 Å². The minimum Gasteiger partial charge on any atom is -0.342 e. The Morgan fingerprint density at radius 2 is 2.24 bits per heavy atom. The van der Waals surface area contributed by atoms with Gasteiger partial charge in [0, 0.05) is 22.4 Å². The fourth-order valence-electron chi connectivity index (χ4n) is 2.54. The van der Waals surface area contributed by atoms with Crippen molar-refractivity contribution in [2.45, 2.75) is 13.0 Å². The number of amides is 1. The smallest absolute Gasteiger partial charge is 0.253 e. The van der Waals surface area contributed by atoms with Crippen LogP contribution in [0.2, 0.25) is 0 Å². The molecule has 25 heavy (non-hydrogen) atoms. The van der Waals surface area contributed by atoms with Crippen LogP contribution in [0.25, 0.3) is 16.2 Å². The number of rotatable bonds is 4. The monoisotopic (exact) mass is 415 g/mol. The minimum atomic E-state index is -0.275. The average molecular weight is 416 g/mol. The highest BCUT2D eigenvalue weighted by atomic mass is 79.9. The van der Waals surface area contributed by atoms with E-state index in [1.54, 1.807) is 17.5 Å². The van der Waals surface area contributed by atoms with E-state index in [4.69, 9.17) is 0 Å². The van der Waals surface area contributed by atoms with E-state index >= 15 is 0 Å². The molecule has 0 fully saturated rings. The van der Waals surface area contributed by atoms with Crippen molar-refractivity contribution < 1.29 is 4.79 Å². The van der Waals surface area contributed by atoms with Gasteiger partial charge in [-0.25, -0.2) is 4.98 Å². The highest BCUT2D eigenvalue weighted by molar-refractivity contribution is 9.10. The molecule has 4 rings (SSSR count). The van der Waals surface area contributed by atoms with E-state index in [1.165, 1.54) is 0 Å². The lowest BCUT2D eigenvalue weighted by Gasteiger charge is -2.09. The van der Waals surface area contributed by atoms with Gasteiger partial charge in [0.05, 0.1) is 16.5 Å². The normalized spacial score (nSPS) is 12.4.